The maximum atomic E-state index is 10.7. The number of hydrogen-bond donors (Lipinski definition) is 1. The Kier molecular flexibility index (Phi) is 18.5. The van der Waals surface area contributed by atoms with Gasteiger partial charge in [0.25, 0.3) is 10.1 Å². The van der Waals surface area contributed by atoms with Crippen molar-refractivity contribution in [2.45, 2.75) is 90.2 Å². The van der Waals surface area contributed by atoms with Crippen LogP contribution in [-0.2, 0) is 19.2 Å². The van der Waals surface area contributed by atoms with Gasteiger partial charge in [0.15, 0.2) is 0 Å². The van der Waals surface area contributed by atoms with Gasteiger partial charge in [0.05, 0.1) is 5.25 Å². The van der Waals surface area contributed by atoms with E-state index in [9.17, 15) is 13.2 Å². The maximum absolute atomic E-state index is 10.7. The molecule has 7 heteroatoms. The quantitative estimate of drug-likeness (QED) is 0.251. The summed E-state index contributed by atoms with van der Waals surface area (Å²) in [5, 5.41) is 6.99. The topological polar surface area (TPSA) is 80.7 Å². The van der Waals surface area contributed by atoms with Gasteiger partial charge in [-0.3, -0.25) is 0 Å². The van der Waals surface area contributed by atoms with Crippen molar-refractivity contribution in [3.63, 3.8) is 0 Å². The van der Waals surface area contributed by atoms with E-state index in [0.29, 0.717) is 3.03 Å². The van der Waals surface area contributed by atoms with E-state index in [2.05, 4.69) is 11.3 Å². The molecule has 0 aromatic heterocycles. The Hall–Kier alpha value is 0.540. The molecular formula is C15H31NaO5S. The third kappa shape index (κ3) is 18.6. The first kappa shape index (κ1) is 24.8. The second kappa shape index (κ2) is 16.4. The summed E-state index contributed by atoms with van der Waals surface area (Å²) >= 11 is 0.751. The molecule has 0 heterocycles. The summed E-state index contributed by atoms with van der Waals surface area (Å²) in [7, 11) is -3.68. The second-order valence-electron chi connectivity index (χ2n) is 5.90. The molecule has 0 radical (unpaired) electrons. The van der Waals surface area contributed by atoms with E-state index in [1.54, 1.807) is 0 Å². The van der Waals surface area contributed by atoms with Crippen LogP contribution in [0.2, 0.25) is 0 Å². The van der Waals surface area contributed by atoms with Gasteiger partial charge in [0.2, 0.25) is 0 Å². The monoisotopic (exact) mass is 346 g/mol. The zero-order valence-corrected chi connectivity index (χ0v) is 17.5. The van der Waals surface area contributed by atoms with Crippen LogP contribution in [0, 0.1) is 0 Å². The summed E-state index contributed by atoms with van der Waals surface area (Å²) in [6.07, 6.45) is 12.9. The predicted octanol–water partition coefficient (Wildman–Crippen LogP) is 3.82. The van der Waals surface area contributed by atoms with Crippen LogP contribution in [0.15, 0.2) is 0 Å². The van der Waals surface area contributed by atoms with Crippen LogP contribution in [0.3, 0.4) is 0 Å². The van der Waals surface area contributed by atoms with Crippen molar-refractivity contribution >= 4 is 41.1 Å². The van der Waals surface area contributed by atoms with Gasteiger partial charge in [-0.05, 0) is 13.8 Å². The molecule has 0 saturated heterocycles. The minimum absolute atomic E-state index is 0.480. The van der Waals surface area contributed by atoms with E-state index in [4.69, 9.17) is 5.26 Å². The Balaban J connectivity index is 0. The van der Waals surface area contributed by atoms with Crippen molar-refractivity contribution in [2.24, 2.45) is 0 Å². The summed E-state index contributed by atoms with van der Waals surface area (Å²) in [5.74, 6) is 0. The second-order valence-corrected chi connectivity index (χ2v) is 9.09. The fourth-order valence-electron chi connectivity index (χ4n) is 1.77. The summed E-state index contributed by atoms with van der Waals surface area (Å²) in [6, 6.07) is 0. The van der Waals surface area contributed by atoms with E-state index in [-0.39, 0.29) is 0 Å². The van der Waals surface area contributed by atoms with Crippen molar-refractivity contribution < 1.29 is 22.8 Å². The van der Waals surface area contributed by atoms with Crippen molar-refractivity contribution in [3.8, 4) is 0 Å². The molecule has 0 aromatic carbocycles. The SMILES string of the molecule is CC(C)S(=O)(=O)OO.CCCCCCCCCCC[C](=O)[Na]. The predicted molar refractivity (Wildman–Crippen MR) is 90.4 cm³/mol. The average Bonchev–Trinajstić information content (AvgIpc) is 2.45. The molecule has 0 atom stereocenters. The Morgan fingerprint density at radius 3 is 1.68 bits per heavy atom. The third-order valence-corrected chi connectivity index (χ3v) is 5.18. The van der Waals surface area contributed by atoms with E-state index in [1.165, 1.54) is 65.2 Å². The zero-order chi connectivity index (χ0) is 17.4. The van der Waals surface area contributed by atoms with E-state index in [1.807, 2.05) is 0 Å². The van der Waals surface area contributed by atoms with Crippen LogP contribution in [0.5, 0.6) is 0 Å². The van der Waals surface area contributed by atoms with Crippen molar-refractivity contribution in [1.82, 2.24) is 0 Å². The average molecular weight is 346 g/mol. The van der Waals surface area contributed by atoms with Gasteiger partial charge in [0, 0.05) is 0 Å². The van der Waals surface area contributed by atoms with Gasteiger partial charge in [-0.2, -0.15) is 8.42 Å². The molecule has 0 bridgehead atoms. The third-order valence-electron chi connectivity index (χ3n) is 3.31. The first-order valence-electron chi connectivity index (χ1n) is 8.34. The molecule has 5 nitrogen and oxygen atoms in total. The zero-order valence-electron chi connectivity index (χ0n) is 14.6. The molecule has 22 heavy (non-hydrogen) atoms. The van der Waals surface area contributed by atoms with Crippen LogP contribution < -0.4 is 0 Å². The van der Waals surface area contributed by atoms with Gasteiger partial charge in [-0.25, -0.2) is 5.26 Å². The first-order chi connectivity index (χ1) is 10.3. The molecule has 0 aromatic rings. The molecule has 0 aliphatic rings. The molecule has 0 unspecified atom stereocenters. The van der Waals surface area contributed by atoms with Crippen LogP contribution in [0.4, 0.5) is 0 Å². The number of rotatable bonds is 12. The van der Waals surface area contributed by atoms with Gasteiger partial charge in [0.1, 0.15) is 0 Å². The molecule has 128 valence electrons. The summed E-state index contributed by atoms with van der Waals surface area (Å²) < 4.78 is 24.1. The standard InChI is InChI=1S/C12H23O.C3H8O4S.Na/c1-2-3-4-5-6-7-8-9-10-11-12-13;1-3(2)8(5,6)7-4;/h2-11H2,1H3;3-4H,1-2H3;. The normalized spacial score (nSPS) is 11.2. The molecule has 0 rings (SSSR count). The number of unbranched alkanes of at least 4 members (excludes halogenated alkanes) is 8. The fourth-order valence-corrected chi connectivity index (χ4v) is 2.30. The van der Waals surface area contributed by atoms with Crippen LogP contribution in [0.25, 0.3) is 0 Å². The van der Waals surface area contributed by atoms with Crippen LogP contribution in [-0.4, -0.2) is 49.9 Å². The minimum atomic E-state index is -3.68. The molecule has 1 N–H and O–H groups in total. The van der Waals surface area contributed by atoms with Gasteiger partial charge < -0.3 is 0 Å². The fraction of sp³-hybridized carbons (Fsp3) is 0.933. The number of carbonyl (C=O) groups excluding carboxylic acids is 1. The molecule has 0 aliphatic heterocycles. The Morgan fingerprint density at radius 1 is 1.00 bits per heavy atom. The summed E-state index contributed by atoms with van der Waals surface area (Å²) in [5.41, 5.74) is 0. The molecule has 0 spiro atoms. The summed E-state index contributed by atoms with van der Waals surface area (Å²) in [6.45, 7) is 5.07. The van der Waals surface area contributed by atoms with Crippen molar-refractivity contribution in [3.05, 3.63) is 0 Å². The summed E-state index contributed by atoms with van der Waals surface area (Å²) in [4.78, 5) is 10.7. The van der Waals surface area contributed by atoms with Gasteiger partial charge in [-0.15, -0.1) is 4.33 Å². The molecule has 0 saturated carbocycles. The number of hydrogen-bond acceptors (Lipinski definition) is 5. The van der Waals surface area contributed by atoms with Gasteiger partial charge >= 0.3 is 107 Å². The van der Waals surface area contributed by atoms with Crippen molar-refractivity contribution in [2.75, 3.05) is 0 Å². The van der Waals surface area contributed by atoms with E-state index in [0.717, 1.165) is 40.8 Å². The van der Waals surface area contributed by atoms with Crippen LogP contribution >= 0.6 is 0 Å². The Labute approximate surface area is 153 Å². The molecular weight excluding hydrogens is 315 g/mol. The van der Waals surface area contributed by atoms with E-state index < -0.39 is 15.4 Å². The van der Waals surface area contributed by atoms with Crippen LogP contribution in [0.1, 0.15) is 85.0 Å². The molecule has 0 aliphatic carbocycles. The van der Waals surface area contributed by atoms with E-state index >= 15 is 0 Å². The number of carbonyl (C=O) groups is 1. The Morgan fingerprint density at radius 2 is 1.41 bits per heavy atom. The molecule has 0 fully saturated rings. The van der Waals surface area contributed by atoms with Gasteiger partial charge in [-0.1, -0.05) is 0 Å². The molecule has 0 amide bonds. The van der Waals surface area contributed by atoms with Crippen molar-refractivity contribution in [1.29, 1.82) is 0 Å². The Bertz CT molecular complexity index is 355. The first-order valence-corrected chi connectivity index (χ1v) is 10.8.